The first kappa shape index (κ1) is 14.0. The molecule has 96 valence electrons. The Morgan fingerprint density at radius 3 is 1.88 bits per heavy atom. The summed E-state index contributed by atoms with van der Waals surface area (Å²) in [6, 6.07) is 0. The van der Waals surface area contributed by atoms with Gasteiger partial charge in [-0.3, -0.25) is 0 Å². The van der Waals surface area contributed by atoms with E-state index in [0.29, 0.717) is 16.7 Å². The van der Waals surface area contributed by atoms with Gasteiger partial charge in [0.2, 0.25) is 0 Å². The monoisotopic (exact) mass is 226 g/mol. The third kappa shape index (κ3) is 3.00. The second kappa shape index (κ2) is 4.68. The molecule has 0 aliphatic carbocycles. The van der Waals surface area contributed by atoms with Crippen molar-refractivity contribution in [1.82, 2.24) is 0 Å². The molecule has 0 spiro atoms. The predicted molar refractivity (Wildman–Crippen MR) is 70.5 cm³/mol. The number of hydrogen-bond donors (Lipinski definition) is 0. The van der Waals surface area contributed by atoms with E-state index >= 15 is 0 Å². The lowest BCUT2D eigenvalue weighted by molar-refractivity contribution is -0.106. The number of ether oxygens (including phenoxy) is 1. The molecule has 1 aliphatic rings. The van der Waals surface area contributed by atoms with Gasteiger partial charge in [0.15, 0.2) is 0 Å². The maximum absolute atomic E-state index is 5.84. The average Bonchev–Trinajstić information content (AvgIpc) is 2.13. The van der Waals surface area contributed by atoms with E-state index in [2.05, 4.69) is 48.5 Å². The molecule has 0 saturated carbocycles. The molecule has 0 aromatic carbocycles. The summed E-state index contributed by atoms with van der Waals surface area (Å²) in [5.74, 6) is 2.20. The fourth-order valence-corrected chi connectivity index (χ4v) is 3.35. The highest BCUT2D eigenvalue weighted by atomic mass is 16.5. The quantitative estimate of drug-likeness (QED) is 0.645. The van der Waals surface area contributed by atoms with Crippen LogP contribution in [0.15, 0.2) is 0 Å². The zero-order valence-electron chi connectivity index (χ0n) is 12.3. The summed E-state index contributed by atoms with van der Waals surface area (Å²) in [4.78, 5) is 0. The molecule has 1 saturated heterocycles. The minimum Gasteiger partial charge on any atom is -0.381 e. The fraction of sp³-hybridized carbons (Fsp3) is 1.00. The van der Waals surface area contributed by atoms with E-state index in [1.807, 2.05) is 0 Å². The molecule has 0 aromatic heterocycles. The largest absolute Gasteiger partial charge is 0.381 e. The summed E-state index contributed by atoms with van der Waals surface area (Å²) < 4.78 is 5.84. The predicted octanol–water partition coefficient (Wildman–Crippen LogP) is 4.37. The minimum absolute atomic E-state index is 0.353. The van der Waals surface area contributed by atoms with E-state index in [-0.39, 0.29) is 0 Å². The second-order valence-electron chi connectivity index (χ2n) is 7.57. The lowest BCUT2D eigenvalue weighted by Gasteiger charge is -2.50. The van der Waals surface area contributed by atoms with Gasteiger partial charge in [0, 0.05) is 6.61 Å². The first-order valence-corrected chi connectivity index (χ1v) is 6.75. The molecule has 1 nitrogen and oxygen atoms in total. The van der Waals surface area contributed by atoms with Crippen LogP contribution in [0.5, 0.6) is 0 Å². The van der Waals surface area contributed by atoms with Crippen LogP contribution >= 0.6 is 0 Å². The summed E-state index contributed by atoms with van der Waals surface area (Å²) in [7, 11) is 0. The summed E-state index contributed by atoms with van der Waals surface area (Å²) in [6.07, 6.45) is 1.24. The molecular weight excluding hydrogens is 196 g/mol. The van der Waals surface area contributed by atoms with E-state index < -0.39 is 0 Å². The Labute approximate surface area is 102 Å². The molecule has 1 fully saturated rings. The van der Waals surface area contributed by atoms with Crippen LogP contribution < -0.4 is 0 Å². The van der Waals surface area contributed by atoms with Crippen molar-refractivity contribution in [2.45, 2.75) is 54.9 Å². The maximum atomic E-state index is 5.84. The van der Waals surface area contributed by atoms with Gasteiger partial charge in [-0.1, -0.05) is 54.9 Å². The minimum atomic E-state index is 0.353. The second-order valence-corrected chi connectivity index (χ2v) is 7.57. The van der Waals surface area contributed by atoms with Gasteiger partial charge >= 0.3 is 0 Å². The van der Waals surface area contributed by atoms with Gasteiger partial charge in [-0.15, -0.1) is 0 Å². The molecule has 1 rings (SSSR count). The molecule has 1 aliphatic heterocycles. The van der Waals surface area contributed by atoms with E-state index in [1.165, 1.54) is 6.42 Å². The third-order valence-corrected chi connectivity index (χ3v) is 4.21. The van der Waals surface area contributed by atoms with Crippen LogP contribution in [0.25, 0.3) is 0 Å². The molecule has 1 heteroatoms. The van der Waals surface area contributed by atoms with Crippen molar-refractivity contribution in [1.29, 1.82) is 0 Å². The van der Waals surface area contributed by atoms with E-state index in [0.717, 1.165) is 25.0 Å². The van der Waals surface area contributed by atoms with Crippen molar-refractivity contribution in [3.63, 3.8) is 0 Å². The highest BCUT2D eigenvalue weighted by Crippen LogP contribution is 2.48. The molecule has 0 bridgehead atoms. The van der Waals surface area contributed by atoms with Gasteiger partial charge in [-0.25, -0.2) is 0 Å². The highest BCUT2D eigenvalue weighted by Gasteiger charge is 2.44. The zero-order valence-corrected chi connectivity index (χ0v) is 12.3. The van der Waals surface area contributed by atoms with Crippen LogP contribution in [0.4, 0.5) is 0 Å². The molecule has 0 radical (unpaired) electrons. The molecule has 0 aromatic rings. The van der Waals surface area contributed by atoms with Gasteiger partial charge in [0.25, 0.3) is 0 Å². The lowest BCUT2D eigenvalue weighted by atomic mass is 9.59. The van der Waals surface area contributed by atoms with Crippen molar-refractivity contribution >= 4 is 0 Å². The van der Waals surface area contributed by atoms with Gasteiger partial charge in [0.05, 0.1) is 6.61 Å². The topological polar surface area (TPSA) is 9.23 Å². The SMILES string of the molecule is CCC1COC[C@H](C(C)(C)C)C1C(C)(C)C. The van der Waals surface area contributed by atoms with Crippen LogP contribution in [0.3, 0.4) is 0 Å². The third-order valence-electron chi connectivity index (χ3n) is 4.21. The Morgan fingerprint density at radius 1 is 0.938 bits per heavy atom. The van der Waals surface area contributed by atoms with E-state index in [1.54, 1.807) is 0 Å². The summed E-state index contributed by atoms with van der Waals surface area (Å²) in [5.41, 5.74) is 0.744. The van der Waals surface area contributed by atoms with Crippen LogP contribution in [-0.4, -0.2) is 13.2 Å². The molecule has 2 unspecified atom stereocenters. The van der Waals surface area contributed by atoms with Gasteiger partial charge in [0.1, 0.15) is 0 Å². The van der Waals surface area contributed by atoms with Crippen molar-refractivity contribution < 1.29 is 4.74 Å². The van der Waals surface area contributed by atoms with Crippen LogP contribution in [-0.2, 0) is 4.74 Å². The highest BCUT2D eigenvalue weighted by molar-refractivity contribution is 4.92. The Kier molecular flexibility index (Phi) is 4.10. The van der Waals surface area contributed by atoms with Crippen molar-refractivity contribution in [3.8, 4) is 0 Å². The fourth-order valence-electron chi connectivity index (χ4n) is 3.35. The summed E-state index contributed by atoms with van der Waals surface area (Å²) >= 11 is 0. The van der Waals surface area contributed by atoms with Crippen molar-refractivity contribution in [2.75, 3.05) is 13.2 Å². The number of hydrogen-bond acceptors (Lipinski definition) is 1. The van der Waals surface area contributed by atoms with E-state index in [9.17, 15) is 0 Å². The molecular formula is C15H30O. The first-order chi connectivity index (χ1) is 7.18. The molecule has 0 amide bonds. The Hall–Kier alpha value is -0.0400. The van der Waals surface area contributed by atoms with Crippen molar-refractivity contribution in [2.24, 2.45) is 28.6 Å². The van der Waals surface area contributed by atoms with Crippen LogP contribution in [0.1, 0.15) is 54.9 Å². The Balaban J connectivity index is 2.97. The Bertz CT molecular complexity index is 219. The van der Waals surface area contributed by atoms with E-state index in [4.69, 9.17) is 4.74 Å². The first-order valence-electron chi connectivity index (χ1n) is 6.75. The normalized spacial score (nSPS) is 32.8. The molecule has 0 N–H and O–H groups in total. The molecule has 16 heavy (non-hydrogen) atoms. The number of rotatable bonds is 1. The van der Waals surface area contributed by atoms with Gasteiger partial charge in [-0.2, -0.15) is 0 Å². The summed E-state index contributed by atoms with van der Waals surface area (Å²) in [5, 5.41) is 0. The Morgan fingerprint density at radius 2 is 1.50 bits per heavy atom. The zero-order chi connectivity index (χ0) is 12.6. The van der Waals surface area contributed by atoms with Crippen LogP contribution in [0, 0.1) is 28.6 Å². The van der Waals surface area contributed by atoms with Crippen LogP contribution in [0.2, 0.25) is 0 Å². The van der Waals surface area contributed by atoms with Gasteiger partial charge in [-0.05, 0) is 28.6 Å². The molecule has 3 atom stereocenters. The standard InChI is InChI=1S/C15H30O/c1-8-11-9-16-10-12(14(2,3)4)13(11)15(5,6)7/h11-13H,8-10H2,1-7H3/t11?,12-,13?/m0/s1. The van der Waals surface area contributed by atoms with Gasteiger partial charge < -0.3 is 4.74 Å². The van der Waals surface area contributed by atoms with Crippen molar-refractivity contribution in [3.05, 3.63) is 0 Å². The molecule has 1 heterocycles. The lowest BCUT2D eigenvalue weighted by Crippen LogP contribution is -2.47. The summed E-state index contributed by atoms with van der Waals surface area (Å²) in [6.45, 7) is 18.5. The average molecular weight is 226 g/mol. The maximum Gasteiger partial charge on any atom is 0.0502 e. The smallest absolute Gasteiger partial charge is 0.0502 e.